The van der Waals surface area contributed by atoms with Crippen LogP contribution in [-0.4, -0.2) is 24.3 Å². The molecule has 0 radical (unpaired) electrons. The maximum Gasteiger partial charge on any atom is 0.325 e. The van der Waals surface area contributed by atoms with Crippen LogP contribution in [0.15, 0.2) is 67.5 Å². The maximum atomic E-state index is 12.8. The quantitative estimate of drug-likeness (QED) is 0.416. The van der Waals surface area contributed by atoms with E-state index in [0.29, 0.717) is 11.3 Å². The van der Waals surface area contributed by atoms with Crippen molar-refractivity contribution in [3.05, 3.63) is 85.1 Å². The Bertz CT molecular complexity index is 1290. The van der Waals surface area contributed by atoms with Crippen molar-refractivity contribution >= 4 is 43.2 Å². The molecule has 4 N–H and O–H groups in total. The van der Waals surface area contributed by atoms with E-state index in [0.717, 1.165) is 10.5 Å². The molecule has 0 aliphatic carbocycles. The highest BCUT2D eigenvalue weighted by Crippen LogP contribution is 2.24. The van der Waals surface area contributed by atoms with Gasteiger partial charge in [0.15, 0.2) is 0 Å². The van der Waals surface area contributed by atoms with Gasteiger partial charge in [0.05, 0.1) is 11.3 Å². The van der Waals surface area contributed by atoms with E-state index in [-0.39, 0.29) is 22.7 Å². The predicted molar refractivity (Wildman–Crippen MR) is 116 cm³/mol. The molecule has 11 heteroatoms. The van der Waals surface area contributed by atoms with Gasteiger partial charge in [0.25, 0.3) is 15.6 Å². The van der Waals surface area contributed by atoms with Crippen LogP contribution in [0.2, 0.25) is 0 Å². The second-order valence-corrected chi connectivity index (χ2v) is 9.00. The standard InChI is InChI=1S/C19H17BrN4O5S/c1-11-2-5-14(21-17(25)9-15-10-18(26)23-19(27)22-15)8-16(11)30(28,29)24-13-6-3-12(20)4-7-13/h2-8,10,24H,9H2,1H3,(H,21,25)(H2,22,23,26,27). The lowest BCUT2D eigenvalue weighted by Gasteiger charge is -2.13. The van der Waals surface area contributed by atoms with Gasteiger partial charge in [-0.1, -0.05) is 22.0 Å². The molecule has 0 saturated carbocycles. The number of halogens is 1. The van der Waals surface area contributed by atoms with Crippen LogP contribution >= 0.6 is 15.9 Å². The van der Waals surface area contributed by atoms with Crippen molar-refractivity contribution in [2.24, 2.45) is 0 Å². The first kappa shape index (κ1) is 21.5. The monoisotopic (exact) mass is 492 g/mol. The van der Waals surface area contributed by atoms with E-state index in [1.807, 2.05) is 4.98 Å². The van der Waals surface area contributed by atoms with E-state index in [1.165, 1.54) is 6.07 Å². The third kappa shape index (κ3) is 5.45. The Balaban J connectivity index is 1.80. The first-order chi connectivity index (χ1) is 14.1. The number of hydrogen-bond donors (Lipinski definition) is 4. The maximum absolute atomic E-state index is 12.8. The topological polar surface area (TPSA) is 141 Å². The van der Waals surface area contributed by atoms with Gasteiger partial charge in [-0.2, -0.15) is 0 Å². The molecule has 0 aliphatic heterocycles. The van der Waals surface area contributed by atoms with Gasteiger partial charge >= 0.3 is 5.69 Å². The Morgan fingerprint density at radius 3 is 2.33 bits per heavy atom. The third-order valence-electron chi connectivity index (χ3n) is 4.03. The first-order valence-electron chi connectivity index (χ1n) is 8.64. The molecule has 0 bridgehead atoms. The summed E-state index contributed by atoms with van der Waals surface area (Å²) < 4.78 is 28.9. The summed E-state index contributed by atoms with van der Waals surface area (Å²) in [6.45, 7) is 1.64. The molecular weight excluding hydrogens is 476 g/mol. The summed E-state index contributed by atoms with van der Waals surface area (Å²) in [6, 6.07) is 12.2. The van der Waals surface area contributed by atoms with Gasteiger partial charge in [0.1, 0.15) is 0 Å². The minimum absolute atomic E-state index is 0.00720. The molecule has 30 heavy (non-hydrogen) atoms. The number of aromatic nitrogens is 2. The zero-order valence-electron chi connectivity index (χ0n) is 15.7. The summed E-state index contributed by atoms with van der Waals surface area (Å²) in [5, 5.41) is 2.57. The lowest BCUT2D eigenvalue weighted by molar-refractivity contribution is -0.115. The van der Waals surface area contributed by atoms with Crippen molar-refractivity contribution in [2.45, 2.75) is 18.2 Å². The molecule has 0 spiro atoms. The highest BCUT2D eigenvalue weighted by atomic mass is 79.9. The molecule has 9 nitrogen and oxygen atoms in total. The highest BCUT2D eigenvalue weighted by molar-refractivity contribution is 9.10. The van der Waals surface area contributed by atoms with Crippen LogP contribution in [0, 0.1) is 6.92 Å². The van der Waals surface area contributed by atoms with E-state index in [4.69, 9.17) is 0 Å². The zero-order valence-corrected chi connectivity index (χ0v) is 18.1. The fourth-order valence-electron chi connectivity index (χ4n) is 2.69. The Morgan fingerprint density at radius 2 is 1.67 bits per heavy atom. The molecule has 156 valence electrons. The van der Waals surface area contributed by atoms with Gasteiger partial charge in [-0.05, 0) is 48.9 Å². The van der Waals surface area contributed by atoms with E-state index in [9.17, 15) is 22.8 Å². The summed E-state index contributed by atoms with van der Waals surface area (Å²) in [4.78, 5) is 39.3. The molecule has 0 atom stereocenters. The van der Waals surface area contributed by atoms with Crippen molar-refractivity contribution in [1.29, 1.82) is 0 Å². The van der Waals surface area contributed by atoms with Gasteiger partial charge < -0.3 is 10.3 Å². The number of hydrogen-bond acceptors (Lipinski definition) is 5. The van der Waals surface area contributed by atoms with Gasteiger partial charge in [-0.15, -0.1) is 0 Å². The summed E-state index contributed by atoms with van der Waals surface area (Å²) in [5.41, 5.74) is -0.0498. The second kappa shape index (κ2) is 8.67. The van der Waals surface area contributed by atoms with Gasteiger partial charge in [-0.25, -0.2) is 13.2 Å². The molecule has 0 saturated heterocycles. The lowest BCUT2D eigenvalue weighted by atomic mass is 10.2. The number of aromatic amines is 2. The van der Waals surface area contributed by atoms with Crippen LogP contribution in [0.3, 0.4) is 0 Å². The number of aryl methyl sites for hydroxylation is 1. The van der Waals surface area contributed by atoms with Gasteiger partial charge in [0.2, 0.25) is 5.91 Å². The largest absolute Gasteiger partial charge is 0.326 e. The molecule has 1 heterocycles. The van der Waals surface area contributed by atoms with Crippen molar-refractivity contribution < 1.29 is 13.2 Å². The number of carbonyl (C=O) groups is 1. The Hall–Kier alpha value is -3.18. The summed E-state index contributed by atoms with van der Waals surface area (Å²) in [7, 11) is -3.89. The number of nitrogens with one attached hydrogen (secondary N) is 4. The predicted octanol–water partition coefficient (Wildman–Crippen LogP) is 2.12. The Morgan fingerprint density at radius 1 is 1.00 bits per heavy atom. The van der Waals surface area contributed by atoms with Crippen LogP contribution in [0.1, 0.15) is 11.3 Å². The number of sulfonamides is 1. The second-order valence-electron chi connectivity index (χ2n) is 6.43. The summed E-state index contributed by atoms with van der Waals surface area (Å²) >= 11 is 3.29. The molecule has 1 amide bonds. The van der Waals surface area contributed by atoms with E-state index in [1.54, 1.807) is 43.3 Å². The first-order valence-corrected chi connectivity index (χ1v) is 10.9. The number of amides is 1. The van der Waals surface area contributed by atoms with E-state index < -0.39 is 27.2 Å². The molecular formula is C19H17BrN4O5S. The number of anilines is 2. The summed E-state index contributed by atoms with van der Waals surface area (Å²) in [5.74, 6) is -0.524. The van der Waals surface area contributed by atoms with Crippen LogP contribution < -0.4 is 21.3 Å². The highest BCUT2D eigenvalue weighted by Gasteiger charge is 2.18. The van der Waals surface area contributed by atoms with Crippen LogP contribution in [-0.2, 0) is 21.2 Å². The summed E-state index contributed by atoms with van der Waals surface area (Å²) in [6.07, 6.45) is -0.258. The number of benzene rings is 2. The van der Waals surface area contributed by atoms with Crippen LogP contribution in [0.25, 0.3) is 0 Å². The number of H-pyrrole nitrogens is 2. The van der Waals surface area contributed by atoms with Crippen LogP contribution in [0.5, 0.6) is 0 Å². The minimum atomic E-state index is -3.89. The average Bonchev–Trinajstić information content (AvgIpc) is 2.64. The number of rotatable bonds is 6. The van der Waals surface area contributed by atoms with Gasteiger partial charge in [-0.3, -0.25) is 19.3 Å². The molecule has 0 fully saturated rings. The minimum Gasteiger partial charge on any atom is -0.326 e. The van der Waals surface area contributed by atoms with Crippen molar-refractivity contribution in [1.82, 2.24) is 9.97 Å². The smallest absolute Gasteiger partial charge is 0.325 e. The zero-order chi connectivity index (χ0) is 21.9. The van der Waals surface area contributed by atoms with Crippen molar-refractivity contribution in [2.75, 3.05) is 10.0 Å². The fourth-order valence-corrected chi connectivity index (χ4v) is 4.28. The fraction of sp³-hybridized carbons (Fsp3) is 0.105. The molecule has 2 aromatic carbocycles. The molecule has 1 aromatic heterocycles. The lowest BCUT2D eigenvalue weighted by Crippen LogP contribution is -2.25. The molecule has 3 aromatic rings. The van der Waals surface area contributed by atoms with Crippen molar-refractivity contribution in [3.63, 3.8) is 0 Å². The Kier molecular flexibility index (Phi) is 6.22. The Labute approximate surface area is 179 Å². The van der Waals surface area contributed by atoms with Crippen molar-refractivity contribution in [3.8, 4) is 0 Å². The molecule has 0 aliphatic rings. The average molecular weight is 493 g/mol. The number of carbonyl (C=O) groups excluding carboxylic acids is 1. The normalized spacial score (nSPS) is 11.1. The van der Waals surface area contributed by atoms with Gasteiger partial charge in [0, 0.05) is 27.6 Å². The van der Waals surface area contributed by atoms with E-state index >= 15 is 0 Å². The molecule has 0 unspecified atom stereocenters. The third-order valence-corrected chi connectivity index (χ3v) is 6.08. The van der Waals surface area contributed by atoms with Crippen LogP contribution in [0.4, 0.5) is 11.4 Å². The van der Waals surface area contributed by atoms with E-state index in [2.05, 4.69) is 31.0 Å². The SMILES string of the molecule is Cc1ccc(NC(=O)Cc2cc(=O)[nH]c(=O)[nH]2)cc1S(=O)(=O)Nc1ccc(Br)cc1. The molecule has 3 rings (SSSR count).